The van der Waals surface area contributed by atoms with Crippen molar-refractivity contribution in [3.8, 4) is 0 Å². The van der Waals surface area contributed by atoms with Crippen molar-refractivity contribution in [1.82, 2.24) is 15.6 Å². The highest BCUT2D eigenvalue weighted by Crippen LogP contribution is 2.09. The molecular weight excluding hydrogens is 202 g/mol. The number of amides is 2. The zero-order chi connectivity index (χ0) is 12.0. The van der Waals surface area contributed by atoms with Crippen molar-refractivity contribution in [2.24, 2.45) is 5.41 Å². The number of nitrogens with zero attached hydrogens (tertiary/aromatic N) is 1. The number of carbonyl (C=O) groups is 1. The van der Waals surface area contributed by atoms with Gasteiger partial charge in [-0.25, -0.2) is 4.79 Å². The van der Waals surface area contributed by atoms with E-state index in [1.54, 1.807) is 12.4 Å². The van der Waals surface area contributed by atoms with Crippen molar-refractivity contribution in [3.05, 3.63) is 30.1 Å². The third kappa shape index (κ3) is 5.34. The van der Waals surface area contributed by atoms with Gasteiger partial charge < -0.3 is 10.6 Å². The maximum absolute atomic E-state index is 11.4. The van der Waals surface area contributed by atoms with Gasteiger partial charge in [0.05, 0.1) is 0 Å². The molecule has 88 valence electrons. The van der Waals surface area contributed by atoms with Gasteiger partial charge in [-0.05, 0) is 17.0 Å². The summed E-state index contributed by atoms with van der Waals surface area (Å²) in [6.07, 6.45) is 3.45. The zero-order valence-electron chi connectivity index (χ0n) is 10.1. The Bertz CT molecular complexity index is 330. The second kappa shape index (κ2) is 5.49. The molecule has 0 radical (unpaired) electrons. The van der Waals surface area contributed by atoms with E-state index in [-0.39, 0.29) is 11.4 Å². The third-order valence-corrected chi connectivity index (χ3v) is 1.96. The van der Waals surface area contributed by atoms with Gasteiger partial charge in [-0.1, -0.05) is 26.8 Å². The van der Waals surface area contributed by atoms with Crippen LogP contribution >= 0.6 is 0 Å². The molecule has 0 unspecified atom stereocenters. The standard InChI is InChI=1S/C12H19N3O/c1-12(2,3)9-15-11(16)14-8-10-5-4-6-13-7-10/h4-7H,8-9H2,1-3H3,(H2,14,15,16). The minimum Gasteiger partial charge on any atom is -0.338 e. The minimum absolute atomic E-state index is 0.103. The Morgan fingerprint density at radius 2 is 2.12 bits per heavy atom. The molecule has 0 fully saturated rings. The van der Waals surface area contributed by atoms with Gasteiger partial charge in [0, 0.05) is 25.5 Å². The van der Waals surface area contributed by atoms with Crippen LogP contribution in [-0.4, -0.2) is 17.6 Å². The van der Waals surface area contributed by atoms with Crippen molar-refractivity contribution >= 4 is 6.03 Å². The number of rotatable bonds is 3. The average molecular weight is 221 g/mol. The van der Waals surface area contributed by atoms with E-state index in [9.17, 15) is 4.79 Å². The molecule has 0 aliphatic carbocycles. The highest BCUT2D eigenvalue weighted by Gasteiger charge is 2.11. The Balaban J connectivity index is 2.26. The van der Waals surface area contributed by atoms with E-state index < -0.39 is 0 Å². The lowest BCUT2D eigenvalue weighted by Gasteiger charge is -2.18. The molecular formula is C12H19N3O. The van der Waals surface area contributed by atoms with Gasteiger partial charge in [0.1, 0.15) is 0 Å². The van der Waals surface area contributed by atoms with Crippen LogP contribution in [0.4, 0.5) is 4.79 Å². The van der Waals surface area contributed by atoms with Crippen LogP contribution in [0, 0.1) is 5.41 Å². The first-order valence-electron chi connectivity index (χ1n) is 5.38. The molecule has 0 aromatic carbocycles. The Hall–Kier alpha value is -1.58. The van der Waals surface area contributed by atoms with Gasteiger partial charge >= 0.3 is 6.03 Å². The first-order valence-corrected chi connectivity index (χ1v) is 5.38. The van der Waals surface area contributed by atoms with Crippen LogP contribution in [0.3, 0.4) is 0 Å². The van der Waals surface area contributed by atoms with Crippen molar-refractivity contribution < 1.29 is 4.79 Å². The quantitative estimate of drug-likeness (QED) is 0.819. The predicted octanol–water partition coefficient (Wildman–Crippen LogP) is 1.93. The zero-order valence-corrected chi connectivity index (χ0v) is 10.1. The van der Waals surface area contributed by atoms with Gasteiger partial charge in [-0.3, -0.25) is 4.98 Å². The molecule has 1 heterocycles. The molecule has 4 heteroatoms. The molecule has 0 saturated heterocycles. The highest BCUT2D eigenvalue weighted by atomic mass is 16.2. The molecule has 0 saturated carbocycles. The summed E-state index contributed by atoms with van der Waals surface area (Å²) >= 11 is 0. The second-order valence-electron chi connectivity index (χ2n) is 4.96. The molecule has 0 aliphatic heterocycles. The number of hydrogen-bond donors (Lipinski definition) is 2. The van der Waals surface area contributed by atoms with Crippen molar-refractivity contribution in [2.45, 2.75) is 27.3 Å². The maximum atomic E-state index is 11.4. The van der Waals surface area contributed by atoms with Crippen molar-refractivity contribution in [1.29, 1.82) is 0 Å². The Kier molecular flexibility index (Phi) is 4.28. The lowest BCUT2D eigenvalue weighted by atomic mass is 9.97. The van der Waals surface area contributed by atoms with Gasteiger partial charge in [0.25, 0.3) is 0 Å². The smallest absolute Gasteiger partial charge is 0.315 e. The summed E-state index contributed by atoms with van der Waals surface area (Å²) in [5.74, 6) is 0. The van der Waals surface area contributed by atoms with Gasteiger partial charge in [-0.2, -0.15) is 0 Å². The van der Waals surface area contributed by atoms with Crippen LogP contribution in [0.15, 0.2) is 24.5 Å². The van der Waals surface area contributed by atoms with E-state index in [2.05, 4.69) is 36.4 Å². The Morgan fingerprint density at radius 1 is 1.38 bits per heavy atom. The van der Waals surface area contributed by atoms with E-state index in [0.29, 0.717) is 13.1 Å². The van der Waals surface area contributed by atoms with Crippen LogP contribution < -0.4 is 10.6 Å². The lowest BCUT2D eigenvalue weighted by molar-refractivity contribution is 0.235. The number of nitrogens with one attached hydrogen (secondary N) is 2. The van der Waals surface area contributed by atoms with E-state index in [1.807, 2.05) is 12.1 Å². The summed E-state index contributed by atoms with van der Waals surface area (Å²) in [5, 5.41) is 5.60. The molecule has 0 spiro atoms. The number of hydrogen-bond acceptors (Lipinski definition) is 2. The first-order chi connectivity index (χ1) is 7.47. The third-order valence-electron chi connectivity index (χ3n) is 1.96. The Morgan fingerprint density at radius 3 is 2.69 bits per heavy atom. The normalized spacial score (nSPS) is 10.9. The monoisotopic (exact) mass is 221 g/mol. The molecule has 0 bridgehead atoms. The van der Waals surface area contributed by atoms with Crippen LogP contribution in [0.5, 0.6) is 0 Å². The molecule has 2 amide bonds. The maximum Gasteiger partial charge on any atom is 0.315 e. The molecule has 1 rings (SSSR count). The van der Waals surface area contributed by atoms with Crippen LogP contribution in [0.1, 0.15) is 26.3 Å². The van der Waals surface area contributed by atoms with E-state index in [1.165, 1.54) is 0 Å². The summed E-state index contributed by atoms with van der Waals surface area (Å²) in [6, 6.07) is 3.64. The predicted molar refractivity (Wildman–Crippen MR) is 63.9 cm³/mol. The van der Waals surface area contributed by atoms with E-state index in [0.717, 1.165) is 5.56 Å². The highest BCUT2D eigenvalue weighted by molar-refractivity contribution is 5.73. The fourth-order valence-corrected chi connectivity index (χ4v) is 1.09. The van der Waals surface area contributed by atoms with Crippen LogP contribution in [0.25, 0.3) is 0 Å². The number of carbonyl (C=O) groups excluding carboxylic acids is 1. The molecule has 0 atom stereocenters. The topological polar surface area (TPSA) is 54.0 Å². The van der Waals surface area contributed by atoms with E-state index in [4.69, 9.17) is 0 Å². The minimum atomic E-state index is -0.140. The molecule has 2 N–H and O–H groups in total. The summed E-state index contributed by atoms with van der Waals surface area (Å²) in [4.78, 5) is 15.4. The first kappa shape index (κ1) is 12.5. The number of pyridine rings is 1. The lowest BCUT2D eigenvalue weighted by Crippen LogP contribution is -2.39. The fraction of sp³-hybridized carbons (Fsp3) is 0.500. The van der Waals surface area contributed by atoms with Gasteiger partial charge in [0.15, 0.2) is 0 Å². The Labute approximate surface area is 96.5 Å². The molecule has 1 aromatic rings. The van der Waals surface area contributed by atoms with Crippen LogP contribution in [-0.2, 0) is 6.54 Å². The van der Waals surface area contributed by atoms with Crippen LogP contribution in [0.2, 0.25) is 0 Å². The molecule has 4 nitrogen and oxygen atoms in total. The number of aromatic nitrogens is 1. The SMILES string of the molecule is CC(C)(C)CNC(=O)NCc1cccnc1. The summed E-state index contributed by atoms with van der Waals surface area (Å²) in [7, 11) is 0. The fourth-order valence-electron chi connectivity index (χ4n) is 1.09. The summed E-state index contributed by atoms with van der Waals surface area (Å²) < 4.78 is 0. The van der Waals surface area contributed by atoms with Gasteiger partial charge in [-0.15, -0.1) is 0 Å². The van der Waals surface area contributed by atoms with Crippen molar-refractivity contribution in [3.63, 3.8) is 0 Å². The average Bonchev–Trinajstić information content (AvgIpc) is 2.24. The molecule has 0 aliphatic rings. The summed E-state index contributed by atoms with van der Waals surface area (Å²) in [5.41, 5.74) is 1.10. The number of urea groups is 1. The van der Waals surface area contributed by atoms with Crippen molar-refractivity contribution in [2.75, 3.05) is 6.54 Å². The molecule has 16 heavy (non-hydrogen) atoms. The van der Waals surface area contributed by atoms with Gasteiger partial charge in [0.2, 0.25) is 0 Å². The second-order valence-corrected chi connectivity index (χ2v) is 4.96. The largest absolute Gasteiger partial charge is 0.338 e. The molecule has 1 aromatic heterocycles. The van der Waals surface area contributed by atoms with E-state index >= 15 is 0 Å². The summed E-state index contributed by atoms with van der Waals surface area (Å²) in [6.45, 7) is 7.40.